The molecule has 0 saturated heterocycles. The van der Waals surface area contributed by atoms with E-state index in [9.17, 15) is 9.18 Å². The van der Waals surface area contributed by atoms with E-state index in [1.165, 1.54) is 12.1 Å². The lowest BCUT2D eigenvalue weighted by Gasteiger charge is -2.35. The van der Waals surface area contributed by atoms with Crippen molar-refractivity contribution in [3.63, 3.8) is 0 Å². The third kappa shape index (κ3) is 2.86. The van der Waals surface area contributed by atoms with Crippen LogP contribution in [0, 0.1) is 5.82 Å². The minimum atomic E-state index is -0.869. The maximum atomic E-state index is 13.3. The number of rotatable bonds is 5. The van der Waals surface area contributed by atoms with Crippen LogP contribution in [0.3, 0.4) is 0 Å². The largest absolute Gasteiger partial charge is 0.370 e. The summed E-state index contributed by atoms with van der Waals surface area (Å²) in [6.45, 7) is 2.93. The van der Waals surface area contributed by atoms with Crippen LogP contribution in [-0.4, -0.2) is 43.8 Å². The maximum absolute atomic E-state index is 13.3. The Bertz CT molecular complexity index is 1060. The van der Waals surface area contributed by atoms with Gasteiger partial charge in [-0.25, -0.2) is 9.37 Å². The summed E-state index contributed by atoms with van der Waals surface area (Å²) >= 11 is 0. The molecule has 2 aliphatic rings. The number of aromatic amines is 1. The Kier molecular flexibility index (Phi) is 3.94. The second-order valence-electron chi connectivity index (χ2n) is 7.70. The highest BCUT2D eigenvalue weighted by Gasteiger charge is 2.45. The molecular formula is C19H21FN6O2. The van der Waals surface area contributed by atoms with Crippen molar-refractivity contribution in [2.24, 2.45) is 0 Å². The van der Waals surface area contributed by atoms with E-state index in [-0.39, 0.29) is 18.3 Å². The van der Waals surface area contributed by atoms with Crippen LogP contribution in [-0.2, 0) is 28.1 Å². The number of halogens is 1. The lowest BCUT2D eigenvalue weighted by Crippen LogP contribution is -2.53. The monoisotopic (exact) mass is 384 g/mol. The van der Waals surface area contributed by atoms with Gasteiger partial charge in [-0.1, -0.05) is 0 Å². The van der Waals surface area contributed by atoms with Gasteiger partial charge in [0, 0.05) is 18.9 Å². The van der Waals surface area contributed by atoms with Gasteiger partial charge in [0.15, 0.2) is 5.82 Å². The molecule has 1 atom stereocenters. The smallest absolute Gasteiger partial charge is 0.248 e. The molecule has 0 spiro atoms. The van der Waals surface area contributed by atoms with Gasteiger partial charge in [-0.3, -0.25) is 9.36 Å². The number of aromatic nitrogens is 5. The van der Waals surface area contributed by atoms with Gasteiger partial charge in [0.25, 0.3) is 0 Å². The number of nitrogens with zero attached hydrogens (tertiary/aromatic N) is 4. The van der Waals surface area contributed by atoms with Crippen molar-refractivity contribution in [2.75, 3.05) is 13.2 Å². The predicted molar refractivity (Wildman–Crippen MR) is 98.1 cm³/mol. The summed E-state index contributed by atoms with van der Waals surface area (Å²) in [5.74, 6) is 2.24. The molecular weight excluding hydrogens is 363 g/mol. The van der Waals surface area contributed by atoms with E-state index in [2.05, 4.69) is 25.5 Å². The molecule has 3 aromatic rings. The second-order valence-corrected chi connectivity index (χ2v) is 7.70. The molecule has 1 saturated carbocycles. The Morgan fingerprint density at radius 2 is 2.29 bits per heavy atom. The van der Waals surface area contributed by atoms with Crippen molar-refractivity contribution >= 4 is 16.9 Å². The second kappa shape index (κ2) is 6.37. The van der Waals surface area contributed by atoms with Crippen molar-refractivity contribution in [3.8, 4) is 0 Å². The fourth-order valence-corrected chi connectivity index (χ4v) is 3.78. The number of imidazole rings is 1. The summed E-state index contributed by atoms with van der Waals surface area (Å²) in [4.78, 5) is 20.6. The molecule has 1 aliphatic heterocycles. The molecule has 2 N–H and O–H groups in total. The van der Waals surface area contributed by atoms with Gasteiger partial charge in [0.1, 0.15) is 29.6 Å². The van der Waals surface area contributed by atoms with Crippen LogP contribution in [0.5, 0.6) is 0 Å². The number of nitrogens with one attached hydrogen (secondary N) is 2. The lowest BCUT2D eigenvalue weighted by atomic mass is 9.99. The molecule has 2 aromatic heterocycles. The van der Waals surface area contributed by atoms with Crippen LogP contribution in [0.1, 0.15) is 43.2 Å². The summed E-state index contributed by atoms with van der Waals surface area (Å²) in [7, 11) is 0. The Morgan fingerprint density at radius 1 is 1.43 bits per heavy atom. The number of carbonyl (C=O) groups excluding carboxylic acids is 1. The van der Waals surface area contributed by atoms with E-state index in [0.29, 0.717) is 48.2 Å². The molecule has 1 unspecified atom stereocenters. The summed E-state index contributed by atoms with van der Waals surface area (Å²) in [6.07, 6.45) is 2.69. The number of hydrogen-bond acceptors (Lipinski definition) is 5. The first-order valence-corrected chi connectivity index (χ1v) is 9.49. The number of H-pyrrole nitrogens is 1. The van der Waals surface area contributed by atoms with Gasteiger partial charge in [-0.15, -0.1) is 10.2 Å². The van der Waals surface area contributed by atoms with E-state index in [4.69, 9.17) is 4.74 Å². The van der Waals surface area contributed by atoms with Gasteiger partial charge >= 0.3 is 0 Å². The standard InChI is InChI=1S/C19H21FN6O2/c1-19(10-28-9-16-24-25-17(26(16)19)11-2-3-11)18(27)21-7-6-15-22-13-5-4-12(20)8-14(13)23-15/h4-5,8,11H,2-3,6-7,9-10H2,1H3,(H,21,27)(H,22,23). The maximum Gasteiger partial charge on any atom is 0.248 e. The van der Waals surface area contributed by atoms with Crippen LogP contribution in [0.25, 0.3) is 11.0 Å². The zero-order chi connectivity index (χ0) is 19.3. The quantitative estimate of drug-likeness (QED) is 0.699. The van der Waals surface area contributed by atoms with Gasteiger partial charge in [-0.2, -0.15) is 0 Å². The van der Waals surface area contributed by atoms with E-state index >= 15 is 0 Å². The van der Waals surface area contributed by atoms with Gasteiger partial charge in [0.05, 0.1) is 17.6 Å². The van der Waals surface area contributed by atoms with Crippen LogP contribution >= 0.6 is 0 Å². The normalized spacial score (nSPS) is 21.6. The number of amides is 1. The molecule has 0 bridgehead atoms. The van der Waals surface area contributed by atoms with Gasteiger partial charge in [-0.05, 0) is 38.0 Å². The molecule has 9 heteroatoms. The van der Waals surface area contributed by atoms with Crippen LogP contribution in [0.2, 0.25) is 0 Å². The van der Waals surface area contributed by atoms with E-state index in [1.54, 1.807) is 6.07 Å². The van der Waals surface area contributed by atoms with E-state index < -0.39 is 5.54 Å². The lowest BCUT2D eigenvalue weighted by molar-refractivity contribution is -0.135. The molecule has 146 valence electrons. The summed E-state index contributed by atoms with van der Waals surface area (Å²) in [5, 5.41) is 11.5. The van der Waals surface area contributed by atoms with Crippen LogP contribution in [0.4, 0.5) is 4.39 Å². The average Bonchev–Trinajstić information content (AvgIpc) is 3.29. The number of fused-ring (bicyclic) bond motifs is 2. The highest BCUT2D eigenvalue weighted by Crippen LogP contribution is 2.41. The molecule has 1 aromatic carbocycles. The molecule has 1 fully saturated rings. The van der Waals surface area contributed by atoms with Crippen molar-refractivity contribution < 1.29 is 13.9 Å². The van der Waals surface area contributed by atoms with Gasteiger partial charge < -0.3 is 15.0 Å². The molecule has 1 aliphatic carbocycles. The third-order valence-corrected chi connectivity index (χ3v) is 5.43. The fraction of sp³-hybridized carbons (Fsp3) is 0.474. The zero-order valence-electron chi connectivity index (χ0n) is 15.5. The van der Waals surface area contributed by atoms with E-state index in [0.717, 1.165) is 18.7 Å². The Morgan fingerprint density at radius 3 is 3.11 bits per heavy atom. The summed E-state index contributed by atoms with van der Waals surface area (Å²) in [5.41, 5.74) is 0.488. The first-order chi connectivity index (χ1) is 13.5. The fourth-order valence-electron chi connectivity index (χ4n) is 3.78. The molecule has 5 rings (SSSR count). The molecule has 8 nitrogen and oxygen atoms in total. The number of hydrogen-bond donors (Lipinski definition) is 2. The Hall–Kier alpha value is -2.81. The molecule has 0 radical (unpaired) electrons. The predicted octanol–water partition coefficient (Wildman–Crippen LogP) is 1.78. The van der Waals surface area contributed by atoms with Crippen molar-refractivity contribution in [1.82, 2.24) is 30.0 Å². The highest BCUT2D eigenvalue weighted by molar-refractivity contribution is 5.84. The first kappa shape index (κ1) is 17.3. The number of benzene rings is 1. The SMILES string of the molecule is CC1(C(=O)NCCc2nc3ccc(F)cc3[nH]2)COCc2nnc(C3CC3)n21. The summed E-state index contributed by atoms with van der Waals surface area (Å²) in [6, 6.07) is 4.43. The van der Waals surface area contributed by atoms with Crippen LogP contribution < -0.4 is 5.32 Å². The average molecular weight is 384 g/mol. The van der Waals surface area contributed by atoms with Crippen molar-refractivity contribution in [1.29, 1.82) is 0 Å². The van der Waals surface area contributed by atoms with E-state index in [1.807, 2.05) is 11.5 Å². The Labute approximate surface area is 160 Å². The molecule has 3 heterocycles. The van der Waals surface area contributed by atoms with Crippen molar-refractivity contribution in [3.05, 3.63) is 41.5 Å². The van der Waals surface area contributed by atoms with Gasteiger partial charge in [0.2, 0.25) is 5.91 Å². The number of ether oxygens (including phenoxy) is 1. The highest BCUT2D eigenvalue weighted by atomic mass is 19.1. The number of carbonyl (C=O) groups is 1. The third-order valence-electron chi connectivity index (χ3n) is 5.43. The Balaban J connectivity index is 1.30. The minimum absolute atomic E-state index is 0.127. The van der Waals surface area contributed by atoms with Crippen LogP contribution in [0.15, 0.2) is 18.2 Å². The molecule has 1 amide bonds. The topological polar surface area (TPSA) is 97.7 Å². The minimum Gasteiger partial charge on any atom is -0.370 e. The summed E-state index contributed by atoms with van der Waals surface area (Å²) < 4.78 is 20.9. The first-order valence-electron chi connectivity index (χ1n) is 9.49. The van der Waals surface area contributed by atoms with Crippen molar-refractivity contribution in [2.45, 2.75) is 44.2 Å². The molecule has 28 heavy (non-hydrogen) atoms. The zero-order valence-corrected chi connectivity index (χ0v) is 15.5.